The lowest BCUT2D eigenvalue weighted by Crippen LogP contribution is -2.16. The van der Waals surface area contributed by atoms with E-state index in [-0.39, 0.29) is 10.8 Å². The number of fused-ring (bicyclic) bond motifs is 22. The van der Waals surface area contributed by atoms with Gasteiger partial charge in [-0.25, -0.2) is 0 Å². The van der Waals surface area contributed by atoms with E-state index < -0.39 is 0 Å². The van der Waals surface area contributed by atoms with Crippen LogP contribution >= 0.6 is 0 Å². The third-order valence-electron chi connectivity index (χ3n) is 25.4. The second-order valence-corrected chi connectivity index (χ2v) is 32.3. The Hall–Kier alpha value is -14.3. The summed E-state index contributed by atoms with van der Waals surface area (Å²) >= 11 is 0. The van der Waals surface area contributed by atoms with Crippen LogP contribution in [0.3, 0.4) is 0 Å². The van der Waals surface area contributed by atoms with Gasteiger partial charge in [-0.05, 0) is 214 Å². The molecule has 0 saturated carbocycles. The molecule has 0 spiro atoms. The zero-order valence-corrected chi connectivity index (χ0v) is 63.7. The van der Waals surface area contributed by atoms with Crippen molar-refractivity contribution in [2.45, 2.75) is 38.5 Å². The van der Waals surface area contributed by atoms with Gasteiger partial charge in [0.05, 0.1) is 44.1 Å². The van der Waals surface area contributed by atoms with Crippen molar-refractivity contribution in [2.24, 2.45) is 0 Å². The van der Waals surface area contributed by atoms with E-state index in [2.05, 4.69) is 434 Å². The van der Waals surface area contributed by atoms with Crippen LogP contribution in [0.15, 0.2) is 388 Å². The maximum absolute atomic E-state index is 2.53. The van der Waals surface area contributed by atoms with E-state index in [1.807, 2.05) is 0 Å². The van der Waals surface area contributed by atoms with Gasteiger partial charge in [-0.1, -0.05) is 307 Å². The van der Waals surface area contributed by atoms with Crippen LogP contribution < -0.4 is 0 Å². The van der Waals surface area contributed by atoms with Crippen LogP contribution in [0.4, 0.5) is 0 Å². The molecule has 4 nitrogen and oxygen atoms in total. The SMILES string of the molecule is CC1(C)c2ccccc2-c2c1ccc1c3cc(-c4ccc5c(c4)c4ccccc4n5-c4ccc(-c5ccccc5)cc4)ccc3n(-c3ccc4ccccc4c3)c21.CC1(C)c2ccccc2-c2ccc3c4cc(-c5ccc6c(c5)c5ccccc5n6-c5ccc(-c6ccccc6)cc5)ccc4n(-c4ccc5ccccc5c4)c3c21. The molecule has 0 atom stereocenters. The van der Waals surface area contributed by atoms with Gasteiger partial charge in [0.1, 0.15) is 0 Å². The Bertz CT molecular complexity index is 7750. The van der Waals surface area contributed by atoms with Crippen LogP contribution in [0.2, 0.25) is 0 Å². The van der Waals surface area contributed by atoms with Crippen molar-refractivity contribution < 1.29 is 0 Å². The van der Waals surface area contributed by atoms with Gasteiger partial charge in [-0.2, -0.15) is 0 Å². The van der Waals surface area contributed by atoms with Gasteiger partial charge < -0.3 is 18.3 Å². The summed E-state index contributed by atoms with van der Waals surface area (Å²) in [7, 11) is 0. The molecule has 0 amide bonds. The van der Waals surface area contributed by atoms with E-state index >= 15 is 0 Å². The third kappa shape index (κ3) is 9.90. The normalized spacial score (nSPS) is 13.2. The smallest absolute Gasteiger partial charge is 0.0622 e. The fraction of sp³-hybridized carbons (Fsp3) is 0.0545. The molecule has 2 aliphatic rings. The molecule has 0 unspecified atom stereocenters. The monoisotopic (exact) mass is 1450 g/mol. The minimum absolute atomic E-state index is 0.0888. The maximum atomic E-state index is 2.53. The van der Waals surface area contributed by atoms with Gasteiger partial charge >= 0.3 is 0 Å². The first kappa shape index (κ1) is 65.6. The molecule has 22 aromatic rings. The minimum Gasteiger partial charge on any atom is -0.309 e. The summed E-state index contributed by atoms with van der Waals surface area (Å²) in [4.78, 5) is 0. The van der Waals surface area contributed by atoms with Crippen molar-refractivity contribution in [3.8, 4) is 89.5 Å². The van der Waals surface area contributed by atoms with E-state index in [0.717, 1.165) is 11.4 Å². The molecular formula is C110H76N4. The molecule has 18 aromatic carbocycles. The topological polar surface area (TPSA) is 19.7 Å². The average Bonchev–Trinajstić information content (AvgIpc) is 1.54. The van der Waals surface area contributed by atoms with Crippen molar-refractivity contribution in [1.82, 2.24) is 18.3 Å². The van der Waals surface area contributed by atoms with Gasteiger partial charge in [0.25, 0.3) is 0 Å². The number of para-hydroxylation sites is 2. The highest BCUT2D eigenvalue weighted by Gasteiger charge is 2.40. The lowest BCUT2D eigenvalue weighted by Gasteiger charge is -2.23. The standard InChI is InChI=1S/2C55H38N2/c1-55(2)48-18-10-8-17-45(48)53-49(55)29-28-44-47-34-40(24-31-52(47)57(54(44)53)42-27-22-36-14-6-7-15-38(36)32-42)39-23-30-51-46(33-39)43-16-9-11-19-50(43)56(51)41-25-20-37(21-26-41)35-12-4-3-5-13-35;1-55(2)49-18-10-8-16-43(49)45-28-29-46-48-34-40(24-31-52(48)57(54(46)53(45)55)42-27-22-36-14-6-7-15-38(36)32-42)39-23-30-51-47(33-39)44-17-9-11-19-50(44)56(51)41-25-20-37(21-26-41)35-12-4-3-5-13-35/h2*3-34H,1-2H3. The molecule has 536 valence electrons. The molecule has 2 aliphatic carbocycles. The Kier molecular flexibility index (Phi) is 14.4. The summed E-state index contributed by atoms with van der Waals surface area (Å²) in [6.07, 6.45) is 0. The zero-order chi connectivity index (χ0) is 75.7. The predicted octanol–water partition coefficient (Wildman–Crippen LogP) is 29.3. The molecule has 0 saturated heterocycles. The van der Waals surface area contributed by atoms with Crippen LogP contribution in [0.25, 0.3) is 198 Å². The molecule has 0 fully saturated rings. The Morgan fingerprint density at radius 1 is 0.184 bits per heavy atom. The molecule has 24 rings (SSSR count). The van der Waals surface area contributed by atoms with Gasteiger partial charge in [-0.3, -0.25) is 0 Å². The molecule has 0 N–H and O–H groups in total. The van der Waals surface area contributed by atoms with Crippen molar-refractivity contribution >= 4 is 109 Å². The molecule has 0 bridgehead atoms. The zero-order valence-electron chi connectivity index (χ0n) is 63.7. The molecule has 0 aliphatic heterocycles. The van der Waals surface area contributed by atoms with Crippen molar-refractivity contribution in [2.75, 3.05) is 0 Å². The first-order valence-corrected chi connectivity index (χ1v) is 39.9. The summed E-state index contributed by atoms with van der Waals surface area (Å²) in [5.74, 6) is 0. The third-order valence-corrected chi connectivity index (χ3v) is 25.4. The Balaban J connectivity index is 0.000000135. The number of benzene rings is 18. The van der Waals surface area contributed by atoms with Crippen molar-refractivity contribution in [1.29, 1.82) is 0 Å². The molecular weight excluding hydrogens is 1380 g/mol. The Morgan fingerprint density at radius 3 is 1.04 bits per heavy atom. The van der Waals surface area contributed by atoms with Crippen LogP contribution in [0, 0.1) is 0 Å². The summed E-state index contributed by atoms with van der Waals surface area (Å²) in [6.45, 7) is 9.54. The van der Waals surface area contributed by atoms with E-state index in [4.69, 9.17) is 0 Å². The molecule has 0 radical (unpaired) electrons. The summed E-state index contributed by atoms with van der Waals surface area (Å²) in [5, 5.41) is 15.1. The fourth-order valence-electron chi connectivity index (χ4n) is 19.9. The molecule has 4 aromatic heterocycles. The van der Waals surface area contributed by atoms with Gasteiger partial charge in [0.2, 0.25) is 0 Å². The summed E-state index contributed by atoms with van der Waals surface area (Å²) < 4.78 is 9.87. The number of rotatable bonds is 8. The number of nitrogens with zero attached hydrogens (tertiary/aromatic N) is 4. The number of aromatic nitrogens is 4. The minimum atomic E-state index is -0.154. The van der Waals surface area contributed by atoms with E-state index in [1.54, 1.807) is 0 Å². The number of hydrogen-bond acceptors (Lipinski definition) is 0. The Labute approximate surface area is 661 Å². The van der Waals surface area contributed by atoms with E-state index in [0.29, 0.717) is 0 Å². The van der Waals surface area contributed by atoms with Crippen molar-refractivity contribution in [3.63, 3.8) is 0 Å². The summed E-state index contributed by atoms with van der Waals surface area (Å²) in [5.41, 5.74) is 35.0. The highest BCUT2D eigenvalue weighted by Crippen LogP contribution is 2.56. The first-order chi connectivity index (χ1) is 56.1. The van der Waals surface area contributed by atoms with Crippen LogP contribution in [-0.4, -0.2) is 18.3 Å². The first-order valence-electron chi connectivity index (χ1n) is 39.9. The van der Waals surface area contributed by atoms with Crippen molar-refractivity contribution in [3.05, 3.63) is 411 Å². The maximum Gasteiger partial charge on any atom is 0.0622 e. The molecule has 4 heteroatoms. The lowest BCUT2D eigenvalue weighted by molar-refractivity contribution is 0.661. The van der Waals surface area contributed by atoms with Gasteiger partial charge in [0, 0.05) is 82.2 Å². The second-order valence-electron chi connectivity index (χ2n) is 32.3. The lowest BCUT2D eigenvalue weighted by atomic mass is 9.81. The quantitative estimate of drug-likeness (QED) is 0.144. The predicted molar refractivity (Wildman–Crippen MR) is 482 cm³/mol. The van der Waals surface area contributed by atoms with E-state index in [1.165, 1.54) is 209 Å². The van der Waals surface area contributed by atoms with Gasteiger partial charge in [-0.15, -0.1) is 0 Å². The average molecular weight is 1450 g/mol. The highest BCUT2D eigenvalue weighted by molar-refractivity contribution is 6.19. The van der Waals surface area contributed by atoms with Gasteiger partial charge in [0.15, 0.2) is 0 Å². The molecule has 114 heavy (non-hydrogen) atoms. The number of hydrogen-bond donors (Lipinski definition) is 0. The van der Waals surface area contributed by atoms with Crippen LogP contribution in [0.1, 0.15) is 49.9 Å². The Morgan fingerprint density at radius 2 is 0.535 bits per heavy atom. The fourth-order valence-corrected chi connectivity index (χ4v) is 19.9. The highest BCUT2D eigenvalue weighted by atomic mass is 15.0. The van der Waals surface area contributed by atoms with E-state index in [9.17, 15) is 0 Å². The van der Waals surface area contributed by atoms with Crippen LogP contribution in [-0.2, 0) is 10.8 Å². The van der Waals surface area contributed by atoms with Crippen LogP contribution in [0.5, 0.6) is 0 Å². The second kappa shape index (κ2) is 25.1. The summed E-state index contributed by atoms with van der Waals surface area (Å²) in [6, 6.07) is 144. The largest absolute Gasteiger partial charge is 0.309 e. The molecule has 4 heterocycles.